The lowest BCUT2D eigenvalue weighted by Gasteiger charge is -2.34. The van der Waals surface area contributed by atoms with Gasteiger partial charge in [-0.3, -0.25) is 4.79 Å². The van der Waals surface area contributed by atoms with E-state index in [4.69, 9.17) is 11.6 Å². The first-order chi connectivity index (χ1) is 15.2. The lowest BCUT2D eigenvalue weighted by Crippen LogP contribution is -2.50. The number of benzene rings is 2. The van der Waals surface area contributed by atoms with Crippen LogP contribution in [0.1, 0.15) is 27.3 Å². The van der Waals surface area contributed by atoms with Crippen molar-refractivity contribution >= 4 is 27.5 Å². The molecule has 3 aromatic rings. The van der Waals surface area contributed by atoms with Crippen LogP contribution in [0.4, 0.5) is 0 Å². The van der Waals surface area contributed by atoms with Crippen LogP contribution >= 0.6 is 11.6 Å². The Bertz CT molecular complexity index is 1240. The minimum Gasteiger partial charge on any atom is -0.336 e. The molecule has 1 aromatic heterocycles. The number of carbonyl (C=O) groups excluding carboxylic acids is 1. The lowest BCUT2D eigenvalue weighted by molar-refractivity contribution is 0.0698. The predicted molar refractivity (Wildman–Crippen MR) is 124 cm³/mol. The number of carbonyl (C=O) groups is 1. The Kier molecular flexibility index (Phi) is 6.11. The van der Waals surface area contributed by atoms with Crippen molar-refractivity contribution in [3.63, 3.8) is 0 Å². The van der Waals surface area contributed by atoms with Crippen molar-refractivity contribution in [1.82, 2.24) is 19.0 Å². The van der Waals surface area contributed by atoms with E-state index in [-0.39, 0.29) is 23.9 Å². The molecule has 1 saturated heterocycles. The first kappa shape index (κ1) is 22.5. The second kappa shape index (κ2) is 8.69. The minimum absolute atomic E-state index is 0.115. The first-order valence-corrected chi connectivity index (χ1v) is 12.2. The molecule has 1 aliphatic heterocycles. The van der Waals surface area contributed by atoms with E-state index in [1.165, 1.54) is 4.31 Å². The summed E-state index contributed by atoms with van der Waals surface area (Å²) in [6.45, 7) is 6.89. The summed E-state index contributed by atoms with van der Waals surface area (Å²) >= 11 is 6.23. The number of amides is 1. The fourth-order valence-electron chi connectivity index (χ4n) is 3.79. The number of sulfonamides is 1. The standard InChI is InChI=1S/C23H25ClN4O3S/c1-16-4-10-21(11-5-16)32(30,31)27-14-12-26(13-15-27)23(29)19-6-8-20(9-7-19)28-18(3)22(24)17(2)25-28/h4-11H,12-15H2,1-3H3. The molecule has 0 spiro atoms. The van der Waals surface area contributed by atoms with Gasteiger partial charge in [-0.25, -0.2) is 13.1 Å². The van der Waals surface area contributed by atoms with E-state index in [9.17, 15) is 13.2 Å². The van der Waals surface area contributed by atoms with Gasteiger partial charge in [0.05, 0.1) is 27.0 Å². The van der Waals surface area contributed by atoms with E-state index in [0.717, 1.165) is 22.6 Å². The maximum Gasteiger partial charge on any atom is 0.253 e. The zero-order valence-corrected chi connectivity index (χ0v) is 19.8. The third-order valence-corrected chi connectivity index (χ3v) is 8.21. The molecule has 32 heavy (non-hydrogen) atoms. The van der Waals surface area contributed by atoms with Crippen LogP contribution in [0, 0.1) is 20.8 Å². The Hall–Kier alpha value is -2.68. The minimum atomic E-state index is -3.56. The van der Waals surface area contributed by atoms with Gasteiger partial charge in [0.15, 0.2) is 0 Å². The summed E-state index contributed by atoms with van der Waals surface area (Å²) in [4.78, 5) is 14.9. The smallest absolute Gasteiger partial charge is 0.253 e. The molecule has 168 valence electrons. The zero-order valence-electron chi connectivity index (χ0n) is 18.2. The highest BCUT2D eigenvalue weighted by Gasteiger charge is 2.30. The molecule has 0 unspecified atom stereocenters. The molecule has 0 saturated carbocycles. The van der Waals surface area contributed by atoms with E-state index in [1.807, 2.05) is 32.9 Å². The van der Waals surface area contributed by atoms with Crippen LogP contribution in [-0.2, 0) is 10.0 Å². The monoisotopic (exact) mass is 472 g/mol. The number of halogens is 1. The molecule has 2 heterocycles. The van der Waals surface area contributed by atoms with E-state index >= 15 is 0 Å². The molecule has 0 N–H and O–H groups in total. The first-order valence-electron chi connectivity index (χ1n) is 10.4. The Morgan fingerprint density at radius 3 is 2.03 bits per heavy atom. The summed E-state index contributed by atoms with van der Waals surface area (Å²) < 4.78 is 28.9. The molecule has 0 aliphatic carbocycles. The molecule has 7 nitrogen and oxygen atoms in total. The summed E-state index contributed by atoms with van der Waals surface area (Å²) in [6.07, 6.45) is 0. The van der Waals surface area contributed by atoms with Crippen LogP contribution < -0.4 is 0 Å². The second-order valence-corrected chi connectivity index (χ2v) is 10.3. The van der Waals surface area contributed by atoms with Crippen molar-refractivity contribution < 1.29 is 13.2 Å². The van der Waals surface area contributed by atoms with Gasteiger partial charge in [-0.2, -0.15) is 9.40 Å². The van der Waals surface area contributed by atoms with Gasteiger partial charge in [0.25, 0.3) is 5.91 Å². The zero-order chi connectivity index (χ0) is 23.0. The van der Waals surface area contributed by atoms with Gasteiger partial charge >= 0.3 is 0 Å². The number of aromatic nitrogens is 2. The van der Waals surface area contributed by atoms with Crippen LogP contribution in [0.3, 0.4) is 0 Å². The molecule has 9 heteroatoms. The summed E-state index contributed by atoms with van der Waals surface area (Å²) in [5.74, 6) is -0.115. The Balaban J connectivity index is 1.43. The molecule has 0 radical (unpaired) electrons. The number of hydrogen-bond acceptors (Lipinski definition) is 4. The Morgan fingerprint density at radius 1 is 0.906 bits per heavy atom. The molecular formula is C23H25ClN4O3S. The molecule has 4 rings (SSSR count). The topological polar surface area (TPSA) is 75.5 Å². The number of piperazine rings is 1. The summed E-state index contributed by atoms with van der Waals surface area (Å²) in [7, 11) is -3.56. The Morgan fingerprint density at radius 2 is 1.50 bits per heavy atom. The lowest BCUT2D eigenvalue weighted by atomic mass is 10.1. The van der Waals surface area contributed by atoms with Crippen molar-refractivity contribution in [2.75, 3.05) is 26.2 Å². The van der Waals surface area contributed by atoms with Crippen molar-refractivity contribution in [2.24, 2.45) is 0 Å². The molecule has 0 bridgehead atoms. The van der Waals surface area contributed by atoms with E-state index in [0.29, 0.717) is 23.7 Å². The normalized spacial score (nSPS) is 15.2. The van der Waals surface area contributed by atoms with Gasteiger partial charge in [0.2, 0.25) is 10.0 Å². The van der Waals surface area contributed by atoms with Crippen molar-refractivity contribution in [1.29, 1.82) is 0 Å². The summed E-state index contributed by atoms with van der Waals surface area (Å²) in [5.41, 5.74) is 3.97. The number of hydrogen-bond donors (Lipinski definition) is 0. The van der Waals surface area contributed by atoms with Gasteiger partial charge in [-0.1, -0.05) is 29.3 Å². The second-order valence-electron chi connectivity index (χ2n) is 7.95. The van der Waals surface area contributed by atoms with Gasteiger partial charge < -0.3 is 4.90 Å². The largest absolute Gasteiger partial charge is 0.336 e. The van der Waals surface area contributed by atoms with Gasteiger partial charge in [0.1, 0.15) is 0 Å². The van der Waals surface area contributed by atoms with E-state index in [1.54, 1.807) is 46.0 Å². The van der Waals surface area contributed by atoms with Crippen LogP contribution in [0.25, 0.3) is 5.69 Å². The van der Waals surface area contributed by atoms with Gasteiger partial charge in [-0.05, 0) is 57.2 Å². The fraction of sp³-hybridized carbons (Fsp3) is 0.304. The molecule has 2 aromatic carbocycles. The molecule has 1 fully saturated rings. The summed E-state index contributed by atoms with van der Waals surface area (Å²) in [5, 5.41) is 5.06. The molecule has 1 aliphatic rings. The van der Waals surface area contributed by atoms with Crippen LogP contribution in [0.5, 0.6) is 0 Å². The van der Waals surface area contributed by atoms with Crippen molar-refractivity contribution in [2.45, 2.75) is 25.7 Å². The number of aryl methyl sites for hydroxylation is 2. The maximum absolute atomic E-state index is 13.0. The van der Waals surface area contributed by atoms with Gasteiger partial charge in [-0.15, -0.1) is 0 Å². The highest BCUT2D eigenvalue weighted by Crippen LogP contribution is 2.23. The van der Waals surface area contributed by atoms with Gasteiger partial charge in [0, 0.05) is 31.7 Å². The van der Waals surface area contributed by atoms with Crippen molar-refractivity contribution in [3.05, 3.63) is 76.1 Å². The third-order valence-electron chi connectivity index (χ3n) is 5.75. The van der Waals surface area contributed by atoms with E-state index < -0.39 is 10.0 Å². The predicted octanol–water partition coefficient (Wildman–Crippen LogP) is 3.60. The quantitative estimate of drug-likeness (QED) is 0.581. The highest BCUT2D eigenvalue weighted by atomic mass is 35.5. The van der Waals surface area contributed by atoms with Crippen LogP contribution in [-0.4, -0.2) is 59.5 Å². The SMILES string of the molecule is Cc1ccc(S(=O)(=O)N2CCN(C(=O)c3ccc(-n4nc(C)c(Cl)c4C)cc3)CC2)cc1. The highest BCUT2D eigenvalue weighted by molar-refractivity contribution is 7.89. The van der Waals surface area contributed by atoms with Crippen LogP contribution in [0.15, 0.2) is 53.4 Å². The van der Waals surface area contributed by atoms with Crippen molar-refractivity contribution in [3.8, 4) is 5.69 Å². The van der Waals surface area contributed by atoms with E-state index in [2.05, 4.69) is 5.10 Å². The average Bonchev–Trinajstić information content (AvgIpc) is 3.06. The third kappa shape index (κ3) is 4.18. The average molecular weight is 473 g/mol. The Labute approximate surface area is 193 Å². The molecule has 1 amide bonds. The number of nitrogens with zero attached hydrogens (tertiary/aromatic N) is 4. The molecule has 0 atom stereocenters. The van der Waals surface area contributed by atoms with Crippen LogP contribution in [0.2, 0.25) is 5.02 Å². The number of rotatable bonds is 4. The fourth-order valence-corrected chi connectivity index (χ4v) is 5.33. The summed E-state index contributed by atoms with van der Waals surface area (Å²) in [6, 6.07) is 14.0. The molecular weight excluding hydrogens is 448 g/mol. The maximum atomic E-state index is 13.0.